The van der Waals surface area contributed by atoms with Gasteiger partial charge in [0.1, 0.15) is 0 Å². The standard InChI is InChI=1S/C31H40N6/c1-33-19-21-34(22-20-33)13-7-16-36-17-8-18-37-28-10-4-3-9-26(28)29-31(37)30(36)25-12-11-24(23-27(25)32-29)35-14-5-2-6-15-35/h3-4,9-12,23H,2,5-8,13-22H2,1H3. The molecule has 0 saturated carbocycles. The lowest BCUT2D eigenvalue weighted by Gasteiger charge is -2.33. The van der Waals surface area contributed by atoms with Crippen molar-refractivity contribution in [1.29, 1.82) is 0 Å². The van der Waals surface area contributed by atoms with E-state index in [0.717, 1.165) is 25.2 Å². The third kappa shape index (κ3) is 4.24. The molecule has 5 heterocycles. The largest absolute Gasteiger partial charge is 0.371 e. The molecule has 0 N–H and O–H groups in total. The van der Waals surface area contributed by atoms with Crippen molar-refractivity contribution in [1.82, 2.24) is 19.4 Å². The lowest BCUT2D eigenvalue weighted by atomic mass is 10.1. The van der Waals surface area contributed by atoms with Gasteiger partial charge in [-0.3, -0.25) is 0 Å². The zero-order valence-corrected chi connectivity index (χ0v) is 22.3. The van der Waals surface area contributed by atoms with Gasteiger partial charge in [0.2, 0.25) is 0 Å². The van der Waals surface area contributed by atoms with E-state index in [9.17, 15) is 0 Å². The molecule has 7 rings (SSSR count). The van der Waals surface area contributed by atoms with Crippen molar-refractivity contribution in [2.24, 2.45) is 0 Å². The number of aryl methyl sites for hydroxylation is 1. The van der Waals surface area contributed by atoms with Crippen molar-refractivity contribution in [3.05, 3.63) is 42.5 Å². The van der Waals surface area contributed by atoms with Crippen LogP contribution in [0.3, 0.4) is 0 Å². The fourth-order valence-electron chi connectivity index (χ4n) is 6.91. The Labute approximate surface area is 220 Å². The molecule has 6 heteroatoms. The molecule has 2 aromatic heterocycles. The fourth-order valence-corrected chi connectivity index (χ4v) is 6.91. The van der Waals surface area contributed by atoms with Crippen molar-refractivity contribution < 1.29 is 0 Å². The molecule has 3 aliphatic heterocycles. The third-order valence-electron chi connectivity index (χ3n) is 8.98. The van der Waals surface area contributed by atoms with E-state index in [0.29, 0.717) is 0 Å². The SMILES string of the molecule is CN1CCN(CCCN2CCCn3c4ccccc4c4nc5cc(N6CCCCC6)ccc5c2c43)CC1. The summed E-state index contributed by atoms with van der Waals surface area (Å²) in [5, 5.41) is 2.61. The molecule has 0 radical (unpaired) electrons. The summed E-state index contributed by atoms with van der Waals surface area (Å²) in [7, 11) is 2.24. The van der Waals surface area contributed by atoms with Crippen LogP contribution in [0.2, 0.25) is 0 Å². The number of para-hydroxylation sites is 1. The topological polar surface area (TPSA) is 30.8 Å². The number of pyridine rings is 1. The Morgan fingerprint density at radius 2 is 1.59 bits per heavy atom. The Kier molecular flexibility index (Phi) is 6.17. The summed E-state index contributed by atoms with van der Waals surface area (Å²) in [6, 6.07) is 16.0. The number of aromatic nitrogens is 2. The fraction of sp³-hybridized carbons (Fsp3) is 0.516. The summed E-state index contributed by atoms with van der Waals surface area (Å²) < 4.78 is 2.56. The number of piperidine rings is 1. The molecular formula is C31H40N6. The molecule has 0 amide bonds. The first-order valence-electron chi connectivity index (χ1n) is 14.5. The van der Waals surface area contributed by atoms with Gasteiger partial charge in [0, 0.05) is 75.4 Å². The van der Waals surface area contributed by atoms with Crippen LogP contribution < -0.4 is 9.80 Å². The molecule has 4 aromatic rings. The van der Waals surface area contributed by atoms with E-state index >= 15 is 0 Å². The van der Waals surface area contributed by atoms with Crippen LogP contribution >= 0.6 is 0 Å². The second kappa shape index (κ2) is 9.80. The first kappa shape index (κ1) is 23.3. The van der Waals surface area contributed by atoms with Crippen molar-refractivity contribution in [2.45, 2.75) is 38.6 Å². The Morgan fingerprint density at radius 1 is 0.757 bits per heavy atom. The highest BCUT2D eigenvalue weighted by molar-refractivity contribution is 6.17. The van der Waals surface area contributed by atoms with Crippen LogP contribution in [0.25, 0.3) is 32.8 Å². The molecule has 2 fully saturated rings. The van der Waals surface area contributed by atoms with Crippen molar-refractivity contribution in [3.8, 4) is 0 Å². The number of hydrogen-bond donors (Lipinski definition) is 0. The highest BCUT2D eigenvalue weighted by Crippen LogP contribution is 2.41. The van der Waals surface area contributed by atoms with E-state index in [-0.39, 0.29) is 0 Å². The zero-order valence-electron chi connectivity index (χ0n) is 22.3. The summed E-state index contributed by atoms with van der Waals surface area (Å²) in [6.07, 6.45) is 6.33. The van der Waals surface area contributed by atoms with Crippen molar-refractivity contribution in [3.63, 3.8) is 0 Å². The van der Waals surface area contributed by atoms with E-state index < -0.39 is 0 Å². The van der Waals surface area contributed by atoms with Gasteiger partial charge in [-0.15, -0.1) is 0 Å². The van der Waals surface area contributed by atoms with Crippen LogP contribution in [0.15, 0.2) is 42.5 Å². The number of benzene rings is 2. The Hall–Kier alpha value is -2.83. The van der Waals surface area contributed by atoms with E-state index in [1.807, 2.05) is 0 Å². The molecule has 0 bridgehead atoms. The summed E-state index contributed by atoms with van der Waals surface area (Å²) in [6.45, 7) is 11.6. The van der Waals surface area contributed by atoms with E-state index in [1.54, 1.807) is 0 Å². The highest BCUT2D eigenvalue weighted by Gasteiger charge is 2.25. The van der Waals surface area contributed by atoms with Gasteiger partial charge in [0.15, 0.2) is 0 Å². The summed E-state index contributed by atoms with van der Waals surface area (Å²) in [5.74, 6) is 0. The van der Waals surface area contributed by atoms with E-state index in [4.69, 9.17) is 4.98 Å². The Balaban J connectivity index is 1.31. The summed E-state index contributed by atoms with van der Waals surface area (Å²) in [5.41, 5.74) is 7.76. The molecule has 3 aliphatic rings. The smallest absolute Gasteiger partial charge is 0.0988 e. The summed E-state index contributed by atoms with van der Waals surface area (Å²) >= 11 is 0. The average molecular weight is 497 g/mol. The van der Waals surface area contributed by atoms with Crippen LogP contribution in [-0.2, 0) is 6.54 Å². The monoisotopic (exact) mass is 496 g/mol. The normalized spacial score (nSPS) is 19.8. The zero-order chi connectivity index (χ0) is 24.8. The number of likely N-dealkylation sites (N-methyl/N-ethyl adjacent to an activating group) is 1. The molecule has 2 saturated heterocycles. The van der Waals surface area contributed by atoms with Gasteiger partial charge >= 0.3 is 0 Å². The Bertz CT molecular complexity index is 1410. The minimum absolute atomic E-state index is 1.06. The maximum Gasteiger partial charge on any atom is 0.0988 e. The van der Waals surface area contributed by atoms with Crippen LogP contribution in [-0.4, -0.2) is 85.3 Å². The predicted molar refractivity (Wildman–Crippen MR) is 156 cm³/mol. The van der Waals surface area contributed by atoms with E-state index in [2.05, 4.69) is 73.7 Å². The molecule has 2 aromatic carbocycles. The second-order valence-electron chi connectivity index (χ2n) is 11.4. The first-order chi connectivity index (χ1) is 18.3. The van der Waals surface area contributed by atoms with Crippen LogP contribution in [0, 0.1) is 0 Å². The molecule has 194 valence electrons. The van der Waals surface area contributed by atoms with Crippen LogP contribution in [0.4, 0.5) is 11.4 Å². The molecule has 0 aliphatic carbocycles. The lowest BCUT2D eigenvalue weighted by molar-refractivity contribution is 0.153. The average Bonchev–Trinajstić information content (AvgIpc) is 3.12. The molecule has 6 nitrogen and oxygen atoms in total. The van der Waals surface area contributed by atoms with Crippen LogP contribution in [0.5, 0.6) is 0 Å². The molecule has 0 unspecified atom stereocenters. The minimum atomic E-state index is 1.06. The lowest BCUT2D eigenvalue weighted by Crippen LogP contribution is -2.45. The first-order valence-corrected chi connectivity index (χ1v) is 14.5. The maximum atomic E-state index is 5.37. The van der Waals surface area contributed by atoms with Gasteiger partial charge in [-0.25, -0.2) is 4.98 Å². The number of rotatable bonds is 5. The third-order valence-corrected chi connectivity index (χ3v) is 8.98. The second-order valence-corrected chi connectivity index (χ2v) is 11.4. The molecule has 0 spiro atoms. The number of nitrogens with zero attached hydrogens (tertiary/aromatic N) is 6. The highest BCUT2D eigenvalue weighted by atomic mass is 15.2. The predicted octanol–water partition coefficient (Wildman–Crippen LogP) is 5.18. The van der Waals surface area contributed by atoms with Gasteiger partial charge < -0.3 is 24.2 Å². The van der Waals surface area contributed by atoms with Gasteiger partial charge in [-0.2, -0.15) is 0 Å². The number of piperazine rings is 1. The number of fused-ring (bicyclic) bond motifs is 5. The summed E-state index contributed by atoms with van der Waals surface area (Å²) in [4.78, 5) is 15.7. The maximum absolute atomic E-state index is 5.37. The van der Waals surface area contributed by atoms with Crippen molar-refractivity contribution >= 4 is 44.2 Å². The molecule has 0 atom stereocenters. The number of anilines is 2. The molecular weight excluding hydrogens is 456 g/mol. The quantitative estimate of drug-likeness (QED) is 0.380. The van der Waals surface area contributed by atoms with E-state index in [1.165, 1.54) is 117 Å². The van der Waals surface area contributed by atoms with Gasteiger partial charge in [-0.05, 0) is 70.0 Å². The molecule has 37 heavy (non-hydrogen) atoms. The minimum Gasteiger partial charge on any atom is -0.371 e. The van der Waals surface area contributed by atoms with Crippen molar-refractivity contribution in [2.75, 3.05) is 75.8 Å². The Morgan fingerprint density at radius 3 is 2.46 bits per heavy atom. The van der Waals surface area contributed by atoms with Crippen LogP contribution in [0.1, 0.15) is 32.1 Å². The number of hydrogen-bond acceptors (Lipinski definition) is 5. The van der Waals surface area contributed by atoms with Gasteiger partial charge in [0.25, 0.3) is 0 Å². The van der Waals surface area contributed by atoms with Gasteiger partial charge in [0.05, 0.1) is 27.8 Å². The van der Waals surface area contributed by atoms with Gasteiger partial charge in [-0.1, -0.05) is 18.2 Å².